The Morgan fingerprint density at radius 2 is 1.14 bits per heavy atom. The molecule has 0 unspecified atom stereocenters. The molecule has 0 atom stereocenters. The summed E-state index contributed by atoms with van der Waals surface area (Å²) in [5, 5.41) is 0. The Morgan fingerprint density at radius 1 is 0.759 bits per heavy atom. The van der Waals surface area contributed by atoms with Crippen molar-refractivity contribution in [3.05, 3.63) is 0 Å². The lowest BCUT2D eigenvalue weighted by Crippen LogP contribution is -2.48. The molecule has 0 radical (unpaired) electrons. The predicted molar refractivity (Wildman–Crippen MR) is 120 cm³/mol. The highest BCUT2D eigenvalue weighted by atomic mass is 32.3. The third kappa shape index (κ3) is 23.9. The minimum Gasteiger partial charge on any atom is -0.370 e. The molecule has 6 nitrogen and oxygen atoms in total. The van der Waals surface area contributed by atoms with E-state index in [4.69, 9.17) is 9.29 Å². The first-order valence-electron chi connectivity index (χ1n) is 11.8. The Hall–Kier alpha value is -0.210. The Morgan fingerprint density at radius 3 is 1.45 bits per heavy atom. The van der Waals surface area contributed by atoms with Crippen molar-refractivity contribution in [2.75, 3.05) is 47.0 Å². The topological polar surface area (TPSA) is 72.8 Å². The minimum atomic E-state index is -4.24. The van der Waals surface area contributed by atoms with Crippen LogP contribution in [0.15, 0.2) is 0 Å². The van der Waals surface area contributed by atoms with Gasteiger partial charge in [0.05, 0.1) is 33.9 Å². The van der Waals surface area contributed by atoms with Crippen LogP contribution in [0.1, 0.15) is 96.8 Å². The Bertz CT molecular complexity index is 446. The van der Waals surface area contributed by atoms with E-state index in [-0.39, 0.29) is 6.61 Å². The third-order valence-electron chi connectivity index (χ3n) is 5.41. The number of hydrogen-bond donors (Lipinski definition) is 1. The van der Waals surface area contributed by atoms with E-state index in [2.05, 4.69) is 25.2 Å². The molecule has 0 aromatic rings. The van der Waals surface area contributed by atoms with Gasteiger partial charge in [-0.25, -0.2) is 4.18 Å². The Kier molecular flexibility index (Phi) is 18.4. The minimum absolute atomic E-state index is 0.0941. The predicted octanol–water partition coefficient (Wildman–Crippen LogP) is 5.38. The first-order valence-corrected chi connectivity index (χ1v) is 13.1. The molecule has 0 aromatic carbocycles. The molecular weight excluding hydrogens is 390 g/mol. The number of nitrogens with zero attached hydrogens (tertiary/aromatic N) is 1. The Labute approximate surface area is 180 Å². The van der Waals surface area contributed by atoms with E-state index in [0.29, 0.717) is 6.42 Å². The molecule has 0 aromatic heterocycles. The molecule has 29 heavy (non-hydrogen) atoms. The maximum absolute atomic E-state index is 10.3. The summed E-state index contributed by atoms with van der Waals surface area (Å²) in [7, 11) is 0.235. The Balaban J connectivity index is 0.000000807. The first-order chi connectivity index (χ1) is 13.8. The van der Waals surface area contributed by atoms with E-state index in [0.717, 1.165) is 30.5 Å². The van der Waals surface area contributed by atoms with Gasteiger partial charge >= 0.3 is 10.4 Å². The van der Waals surface area contributed by atoms with Crippen molar-refractivity contribution in [1.82, 2.24) is 0 Å². The van der Waals surface area contributed by atoms with Gasteiger partial charge in [-0.1, -0.05) is 90.4 Å². The summed E-state index contributed by atoms with van der Waals surface area (Å²) in [5.74, 6) is 0. The van der Waals surface area contributed by atoms with Gasteiger partial charge in [0.2, 0.25) is 0 Å². The van der Waals surface area contributed by atoms with Gasteiger partial charge < -0.3 is 9.22 Å². The van der Waals surface area contributed by atoms with Crippen LogP contribution in [-0.4, -0.2) is 64.5 Å². The summed E-state index contributed by atoms with van der Waals surface area (Å²) in [6.07, 6.45) is 17.6. The molecule has 1 N–H and O–H groups in total. The second kappa shape index (κ2) is 18.6. The van der Waals surface area contributed by atoms with Gasteiger partial charge in [0.25, 0.3) is 0 Å². The maximum Gasteiger partial charge on any atom is 0.397 e. The molecule has 0 saturated carbocycles. The summed E-state index contributed by atoms with van der Waals surface area (Å²) in [5.41, 5.74) is 0. The van der Waals surface area contributed by atoms with Crippen molar-refractivity contribution >= 4 is 10.4 Å². The zero-order valence-corrected chi connectivity index (χ0v) is 20.2. The number of morpholine rings is 1. The lowest BCUT2D eigenvalue weighted by atomic mass is 10.0. The molecule has 0 bridgehead atoms. The van der Waals surface area contributed by atoms with Crippen LogP contribution in [0.25, 0.3) is 0 Å². The lowest BCUT2D eigenvalue weighted by Gasteiger charge is -2.33. The fraction of sp³-hybridized carbons (Fsp3) is 1.00. The van der Waals surface area contributed by atoms with Gasteiger partial charge in [0.15, 0.2) is 0 Å². The molecule has 0 aliphatic carbocycles. The number of likely N-dealkylation sites (N-methyl/N-ethyl adjacent to an activating group) is 1. The van der Waals surface area contributed by atoms with Crippen LogP contribution in [0.2, 0.25) is 0 Å². The van der Waals surface area contributed by atoms with Crippen molar-refractivity contribution < 1.29 is 26.4 Å². The molecule has 176 valence electrons. The highest BCUT2D eigenvalue weighted by Crippen LogP contribution is 2.13. The van der Waals surface area contributed by atoms with E-state index in [1.54, 1.807) is 0 Å². The van der Waals surface area contributed by atoms with Gasteiger partial charge in [-0.05, 0) is 6.42 Å². The van der Waals surface area contributed by atoms with E-state index >= 15 is 0 Å². The van der Waals surface area contributed by atoms with Crippen molar-refractivity contribution in [3.63, 3.8) is 0 Å². The first kappa shape index (κ1) is 28.8. The lowest BCUT2D eigenvalue weighted by molar-refractivity contribution is -0.898. The quantitative estimate of drug-likeness (QED) is 0.199. The van der Waals surface area contributed by atoms with Gasteiger partial charge in [-0.15, -0.1) is 0 Å². The van der Waals surface area contributed by atoms with Crippen LogP contribution in [0, 0.1) is 0 Å². The summed E-state index contributed by atoms with van der Waals surface area (Å²) in [6, 6.07) is 0. The van der Waals surface area contributed by atoms with E-state index in [1.807, 2.05) is 0 Å². The average Bonchev–Trinajstić information content (AvgIpc) is 2.64. The average molecular weight is 439 g/mol. The summed E-state index contributed by atoms with van der Waals surface area (Å²) >= 11 is 0. The van der Waals surface area contributed by atoms with Crippen LogP contribution in [0.5, 0.6) is 0 Å². The molecule has 1 aliphatic rings. The van der Waals surface area contributed by atoms with Crippen molar-refractivity contribution in [2.45, 2.75) is 96.8 Å². The van der Waals surface area contributed by atoms with Gasteiger partial charge in [-0.2, -0.15) is 8.42 Å². The molecule has 0 amide bonds. The molecule has 1 heterocycles. The normalized spacial score (nSPS) is 16.3. The van der Waals surface area contributed by atoms with Crippen LogP contribution in [0.4, 0.5) is 0 Å². The molecule has 1 aliphatic heterocycles. The van der Waals surface area contributed by atoms with E-state index in [1.165, 1.54) is 83.7 Å². The van der Waals surface area contributed by atoms with Crippen LogP contribution < -0.4 is 0 Å². The molecule has 1 fully saturated rings. The number of rotatable bonds is 16. The van der Waals surface area contributed by atoms with Gasteiger partial charge in [0, 0.05) is 0 Å². The fourth-order valence-corrected chi connectivity index (χ4v) is 3.63. The zero-order chi connectivity index (χ0) is 21.8. The van der Waals surface area contributed by atoms with Gasteiger partial charge in [-0.3, -0.25) is 4.55 Å². The molecular formula is C22H48NO5S+. The molecule has 7 heteroatoms. The van der Waals surface area contributed by atoms with E-state index in [9.17, 15) is 8.42 Å². The third-order valence-corrected chi connectivity index (χ3v) is 5.88. The van der Waals surface area contributed by atoms with Crippen LogP contribution >= 0.6 is 0 Å². The van der Waals surface area contributed by atoms with Crippen LogP contribution in [0.3, 0.4) is 0 Å². The second-order valence-electron chi connectivity index (χ2n) is 8.84. The second-order valence-corrected chi connectivity index (χ2v) is 9.93. The highest BCUT2D eigenvalue weighted by molar-refractivity contribution is 7.80. The summed E-state index contributed by atoms with van der Waals surface area (Å²) in [4.78, 5) is 0. The van der Waals surface area contributed by atoms with Gasteiger partial charge in [0.1, 0.15) is 13.1 Å². The standard InChI is InChI=1S/C16H34O4S.C6H14NO/c1-2-3-4-5-6-7-8-9-10-11-12-13-14-15-16-20-21(17,18)19;1-7(2)3-5-8-6-4-7/h2-16H2,1H3,(H,17,18,19);3-6H2,1-2H3/q;+1. The van der Waals surface area contributed by atoms with Crippen molar-refractivity contribution in [3.8, 4) is 0 Å². The highest BCUT2D eigenvalue weighted by Gasteiger charge is 2.18. The fourth-order valence-electron chi connectivity index (χ4n) is 3.30. The maximum atomic E-state index is 10.3. The number of unbranched alkanes of at least 4 members (excludes halogenated alkanes) is 13. The summed E-state index contributed by atoms with van der Waals surface area (Å²) < 4.78 is 39.5. The largest absolute Gasteiger partial charge is 0.397 e. The molecule has 0 spiro atoms. The van der Waals surface area contributed by atoms with Crippen LogP contribution in [-0.2, 0) is 19.3 Å². The number of quaternary nitrogens is 1. The SMILES string of the molecule is CCCCCCCCCCCCCCCCOS(=O)(=O)O.C[N+]1(C)CCOCC1. The smallest absolute Gasteiger partial charge is 0.370 e. The molecule has 1 saturated heterocycles. The van der Waals surface area contributed by atoms with Crippen molar-refractivity contribution in [1.29, 1.82) is 0 Å². The van der Waals surface area contributed by atoms with E-state index < -0.39 is 10.4 Å². The summed E-state index contributed by atoms with van der Waals surface area (Å²) in [6.45, 7) is 6.55. The number of ether oxygens (including phenoxy) is 1. The zero-order valence-electron chi connectivity index (χ0n) is 19.4. The van der Waals surface area contributed by atoms with Crippen molar-refractivity contribution in [2.24, 2.45) is 0 Å². The monoisotopic (exact) mass is 438 g/mol. The molecule has 1 rings (SSSR count). The number of hydrogen-bond acceptors (Lipinski definition) is 4.